The average Bonchev–Trinajstić information content (AvgIpc) is 2.47. The van der Waals surface area contributed by atoms with Gasteiger partial charge in [0, 0.05) is 33.9 Å². The lowest BCUT2D eigenvalue weighted by Crippen LogP contribution is -1.98. The zero-order valence-electron chi connectivity index (χ0n) is 10.9. The first kappa shape index (κ1) is 14.3. The van der Waals surface area contributed by atoms with E-state index in [1.54, 1.807) is 18.2 Å². The maximum absolute atomic E-state index is 11.9. The lowest BCUT2D eigenvalue weighted by Gasteiger charge is -2.07. The van der Waals surface area contributed by atoms with E-state index in [0.717, 1.165) is 9.79 Å². The second-order valence-corrected chi connectivity index (χ2v) is 5.24. The molecule has 0 aliphatic carbocycles. The van der Waals surface area contributed by atoms with Crippen molar-refractivity contribution in [2.75, 3.05) is 0 Å². The van der Waals surface area contributed by atoms with Gasteiger partial charge in [0.1, 0.15) is 0 Å². The summed E-state index contributed by atoms with van der Waals surface area (Å²) >= 11 is 1.43. The summed E-state index contributed by atoms with van der Waals surface area (Å²) in [5.74, 6) is 0.0926. The first-order chi connectivity index (χ1) is 9.61. The van der Waals surface area contributed by atoms with Crippen LogP contribution >= 0.6 is 11.8 Å². The predicted molar refractivity (Wildman–Crippen MR) is 78.3 cm³/mol. The van der Waals surface area contributed by atoms with E-state index in [0.29, 0.717) is 12.0 Å². The Morgan fingerprint density at radius 2 is 1.80 bits per heavy atom. The van der Waals surface area contributed by atoms with Gasteiger partial charge in [0.25, 0.3) is 5.69 Å². The highest BCUT2D eigenvalue weighted by Crippen LogP contribution is 2.31. The van der Waals surface area contributed by atoms with Gasteiger partial charge in [0.05, 0.1) is 4.92 Å². The molecule has 4 nitrogen and oxygen atoms in total. The zero-order valence-corrected chi connectivity index (χ0v) is 11.7. The molecule has 20 heavy (non-hydrogen) atoms. The Labute approximate surface area is 121 Å². The van der Waals surface area contributed by atoms with Crippen LogP contribution in [0.1, 0.15) is 23.7 Å². The molecule has 0 aromatic heterocycles. The molecule has 2 aromatic rings. The van der Waals surface area contributed by atoms with Gasteiger partial charge in [-0.2, -0.15) is 0 Å². The zero-order chi connectivity index (χ0) is 14.5. The minimum atomic E-state index is -0.428. The molecule has 102 valence electrons. The molecular formula is C15H13NO3S. The number of carbonyl (C=O) groups is 1. The fourth-order valence-corrected chi connectivity index (χ4v) is 2.70. The molecule has 0 atom stereocenters. The Kier molecular flexibility index (Phi) is 4.53. The van der Waals surface area contributed by atoms with E-state index in [4.69, 9.17) is 0 Å². The number of nitro groups is 1. The third kappa shape index (κ3) is 3.24. The van der Waals surface area contributed by atoms with Crippen LogP contribution in [0.25, 0.3) is 0 Å². The van der Waals surface area contributed by atoms with Crippen molar-refractivity contribution in [3.63, 3.8) is 0 Å². The van der Waals surface area contributed by atoms with E-state index >= 15 is 0 Å². The molecule has 0 heterocycles. The summed E-state index contributed by atoms with van der Waals surface area (Å²) in [5, 5.41) is 10.6. The molecule has 0 fully saturated rings. The van der Waals surface area contributed by atoms with Crippen molar-refractivity contribution in [2.24, 2.45) is 0 Å². The van der Waals surface area contributed by atoms with Crippen LogP contribution in [0.15, 0.2) is 58.3 Å². The third-order valence-corrected chi connectivity index (χ3v) is 3.87. The van der Waals surface area contributed by atoms with Gasteiger partial charge in [-0.1, -0.05) is 36.9 Å². The number of carbonyl (C=O) groups excluding carboxylic acids is 1. The maximum Gasteiger partial charge on any atom is 0.269 e. The van der Waals surface area contributed by atoms with Crippen LogP contribution in [-0.2, 0) is 0 Å². The van der Waals surface area contributed by atoms with E-state index < -0.39 is 4.92 Å². The summed E-state index contributed by atoms with van der Waals surface area (Å²) in [7, 11) is 0. The topological polar surface area (TPSA) is 60.2 Å². The Hall–Kier alpha value is -2.14. The van der Waals surface area contributed by atoms with Gasteiger partial charge in [-0.05, 0) is 18.2 Å². The molecule has 0 aliphatic rings. The Morgan fingerprint density at radius 3 is 2.40 bits per heavy atom. The van der Waals surface area contributed by atoms with Gasteiger partial charge < -0.3 is 0 Å². The SMILES string of the molecule is CCC(=O)c1ccccc1Sc1ccc([N+](=O)[O-])cc1. The number of non-ortho nitro benzene ring substituents is 1. The van der Waals surface area contributed by atoms with E-state index in [9.17, 15) is 14.9 Å². The molecular weight excluding hydrogens is 274 g/mol. The minimum absolute atomic E-state index is 0.0623. The van der Waals surface area contributed by atoms with E-state index in [-0.39, 0.29) is 11.5 Å². The van der Waals surface area contributed by atoms with Crippen LogP contribution < -0.4 is 0 Å². The molecule has 0 spiro atoms. The number of hydrogen-bond acceptors (Lipinski definition) is 4. The number of hydrogen-bond donors (Lipinski definition) is 0. The number of Topliss-reactive ketones (excluding diaryl/α,β-unsaturated/α-hetero) is 1. The van der Waals surface area contributed by atoms with Gasteiger partial charge in [-0.15, -0.1) is 0 Å². The molecule has 5 heteroatoms. The molecule has 0 N–H and O–H groups in total. The van der Waals surface area contributed by atoms with Crippen molar-refractivity contribution in [1.29, 1.82) is 0 Å². The number of nitro benzene ring substituents is 1. The molecule has 0 aliphatic heterocycles. The molecule has 0 radical (unpaired) electrons. The number of benzene rings is 2. The highest BCUT2D eigenvalue weighted by atomic mass is 32.2. The Balaban J connectivity index is 2.26. The van der Waals surface area contributed by atoms with Crippen molar-refractivity contribution in [3.05, 3.63) is 64.2 Å². The van der Waals surface area contributed by atoms with Gasteiger partial charge in [0.2, 0.25) is 0 Å². The molecule has 0 amide bonds. The number of rotatable bonds is 5. The second kappa shape index (κ2) is 6.34. The summed E-state index contributed by atoms with van der Waals surface area (Å²) in [6, 6.07) is 13.7. The Bertz CT molecular complexity index is 638. The third-order valence-electron chi connectivity index (χ3n) is 2.78. The van der Waals surface area contributed by atoms with E-state index in [1.807, 2.05) is 25.1 Å². The van der Waals surface area contributed by atoms with E-state index in [2.05, 4.69) is 0 Å². The van der Waals surface area contributed by atoms with Gasteiger partial charge in [-0.3, -0.25) is 14.9 Å². The van der Waals surface area contributed by atoms with Crippen LogP contribution in [0.2, 0.25) is 0 Å². The van der Waals surface area contributed by atoms with Crippen LogP contribution in [0.3, 0.4) is 0 Å². The summed E-state index contributed by atoms with van der Waals surface area (Å²) in [6.45, 7) is 1.83. The largest absolute Gasteiger partial charge is 0.294 e. The van der Waals surface area contributed by atoms with Crippen LogP contribution in [0.4, 0.5) is 5.69 Å². The van der Waals surface area contributed by atoms with Gasteiger partial charge in [-0.25, -0.2) is 0 Å². The highest BCUT2D eigenvalue weighted by molar-refractivity contribution is 7.99. The van der Waals surface area contributed by atoms with Crippen molar-refractivity contribution < 1.29 is 9.72 Å². The van der Waals surface area contributed by atoms with E-state index in [1.165, 1.54) is 23.9 Å². The molecule has 2 aromatic carbocycles. The van der Waals surface area contributed by atoms with Crippen LogP contribution in [-0.4, -0.2) is 10.7 Å². The number of nitrogens with zero attached hydrogens (tertiary/aromatic N) is 1. The first-order valence-electron chi connectivity index (χ1n) is 6.16. The summed E-state index contributed by atoms with van der Waals surface area (Å²) in [6.07, 6.45) is 0.456. The monoisotopic (exact) mass is 287 g/mol. The van der Waals surface area contributed by atoms with Gasteiger partial charge >= 0.3 is 0 Å². The second-order valence-electron chi connectivity index (χ2n) is 4.13. The standard InChI is InChI=1S/C15H13NO3S/c1-2-14(17)13-5-3-4-6-15(13)20-12-9-7-11(8-10-12)16(18)19/h3-10H,2H2,1H3. The summed E-state index contributed by atoms with van der Waals surface area (Å²) in [5.41, 5.74) is 0.755. The summed E-state index contributed by atoms with van der Waals surface area (Å²) < 4.78 is 0. The maximum atomic E-state index is 11.9. The van der Waals surface area contributed by atoms with Crippen LogP contribution in [0.5, 0.6) is 0 Å². The molecule has 0 bridgehead atoms. The average molecular weight is 287 g/mol. The van der Waals surface area contributed by atoms with Crippen molar-refractivity contribution in [2.45, 2.75) is 23.1 Å². The smallest absolute Gasteiger partial charge is 0.269 e. The molecule has 0 saturated carbocycles. The van der Waals surface area contributed by atoms with Crippen molar-refractivity contribution in [1.82, 2.24) is 0 Å². The molecule has 0 unspecified atom stereocenters. The van der Waals surface area contributed by atoms with Gasteiger partial charge in [0.15, 0.2) is 5.78 Å². The molecule has 2 rings (SSSR count). The van der Waals surface area contributed by atoms with Crippen molar-refractivity contribution in [3.8, 4) is 0 Å². The number of ketones is 1. The van der Waals surface area contributed by atoms with Crippen molar-refractivity contribution >= 4 is 23.2 Å². The normalized spacial score (nSPS) is 10.2. The highest BCUT2D eigenvalue weighted by Gasteiger charge is 2.11. The fraction of sp³-hybridized carbons (Fsp3) is 0.133. The lowest BCUT2D eigenvalue weighted by molar-refractivity contribution is -0.384. The summed E-state index contributed by atoms with van der Waals surface area (Å²) in [4.78, 5) is 23.8. The van der Waals surface area contributed by atoms with Crippen LogP contribution in [0, 0.1) is 10.1 Å². The first-order valence-corrected chi connectivity index (χ1v) is 6.98. The lowest BCUT2D eigenvalue weighted by atomic mass is 10.1. The fourth-order valence-electron chi connectivity index (χ4n) is 1.74. The minimum Gasteiger partial charge on any atom is -0.294 e. The predicted octanol–water partition coefficient (Wildman–Crippen LogP) is 4.34. The quantitative estimate of drug-likeness (QED) is 0.466. The Morgan fingerprint density at radius 1 is 1.15 bits per heavy atom. The molecule has 0 saturated heterocycles.